The highest BCUT2D eigenvalue weighted by molar-refractivity contribution is 5.90. The van der Waals surface area contributed by atoms with Crippen molar-refractivity contribution in [1.29, 1.82) is 0 Å². The number of carbonyl (C=O) groups excluding carboxylic acids is 1. The SMILES string of the molecule is CCOC(=O)COC1=NCC=C1. The molecule has 0 saturated carbocycles. The Morgan fingerprint density at radius 1 is 1.75 bits per heavy atom. The molecule has 1 rings (SSSR count). The van der Waals surface area contributed by atoms with E-state index < -0.39 is 0 Å². The molecular formula is C8H11NO3. The molecule has 1 heterocycles. The van der Waals surface area contributed by atoms with Gasteiger partial charge in [-0.05, 0) is 13.0 Å². The van der Waals surface area contributed by atoms with E-state index in [1.165, 1.54) is 0 Å². The molecule has 0 aliphatic carbocycles. The number of ether oxygens (including phenoxy) is 2. The van der Waals surface area contributed by atoms with Crippen molar-refractivity contribution >= 4 is 11.9 Å². The van der Waals surface area contributed by atoms with E-state index in [0.717, 1.165) is 0 Å². The summed E-state index contributed by atoms with van der Waals surface area (Å²) >= 11 is 0. The van der Waals surface area contributed by atoms with Gasteiger partial charge in [0.1, 0.15) is 0 Å². The van der Waals surface area contributed by atoms with Gasteiger partial charge in [-0.3, -0.25) is 0 Å². The highest BCUT2D eigenvalue weighted by atomic mass is 16.6. The van der Waals surface area contributed by atoms with Crippen molar-refractivity contribution < 1.29 is 14.3 Å². The second-order valence-electron chi connectivity index (χ2n) is 2.17. The molecule has 0 atom stereocenters. The third kappa shape index (κ3) is 2.74. The number of esters is 1. The molecule has 0 aromatic carbocycles. The molecule has 0 unspecified atom stereocenters. The molecule has 0 bridgehead atoms. The molecule has 0 aromatic heterocycles. The summed E-state index contributed by atoms with van der Waals surface area (Å²) in [4.78, 5) is 14.7. The van der Waals surface area contributed by atoms with Crippen LogP contribution >= 0.6 is 0 Å². The van der Waals surface area contributed by atoms with Crippen molar-refractivity contribution in [3.05, 3.63) is 12.2 Å². The van der Waals surface area contributed by atoms with Crippen LogP contribution < -0.4 is 0 Å². The standard InChI is InChI=1S/C8H11NO3/c1-2-11-8(10)6-12-7-4-3-5-9-7/h3-4H,2,5-6H2,1H3. The van der Waals surface area contributed by atoms with Gasteiger partial charge in [0, 0.05) is 0 Å². The third-order valence-corrected chi connectivity index (χ3v) is 1.26. The van der Waals surface area contributed by atoms with E-state index in [1.807, 2.05) is 6.08 Å². The van der Waals surface area contributed by atoms with Crippen molar-refractivity contribution in [2.75, 3.05) is 19.8 Å². The summed E-state index contributed by atoms with van der Waals surface area (Å²) in [5, 5.41) is 0. The lowest BCUT2D eigenvalue weighted by Gasteiger charge is -2.02. The Morgan fingerprint density at radius 2 is 2.58 bits per heavy atom. The first-order chi connectivity index (χ1) is 5.83. The van der Waals surface area contributed by atoms with Crippen LogP contribution in [-0.4, -0.2) is 31.6 Å². The second kappa shape index (κ2) is 4.54. The van der Waals surface area contributed by atoms with Crippen LogP contribution in [0.15, 0.2) is 17.1 Å². The zero-order valence-electron chi connectivity index (χ0n) is 6.95. The first-order valence-corrected chi connectivity index (χ1v) is 3.82. The summed E-state index contributed by atoms with van der Waals surface area (Å²) in [5.74, 6) is 0.142. The van der Waals surface area contributed by atoms with E-state index in [1.54, 1.807) is 13.0 Å². The Kier molecular flexibility index (Phi) is 3.32. The lowest BCUT2D eigenvalue weighted by molar-refractivity contribution is -0.145. The number of carbonyl (C=O) groups is 1. The second-order valence-corrected chi connectivity index (χ2v) is 2.17. The fourth-order valence-corrected chi connectivity index (χ4v) is 0.778. The summed E-state index contributed by atoms with van der Waals surface area (Å²) in [6, 6.07) is 0. The third-order valence-electron chi connectivity index (χ3n) is 1.26. The van der Waals surface area contributed by atoms with Gasteiger partial charge in [-0.1, -0.05) is 6.08 Å². The van der Waals surface area contributed by atoms with Crippen molar-refractivity contribution in [2.45, 2.75) is 6.92 Å². The van der Waals surface area contributed by atoms with E-state index in [9.17, 15) is 4.79 Å². The Bertz CT molecular complexity index is 220. The highest BCUT2D eigenvalue weighted by Gasteiger charge is 2.05. The predicted octanol–water partition coefficient (Wildman–Crippen LogP) is 0.534. The van der Waals surface area contributed by atoms with Crippen molar-refractivity contribution in [3.63, 3.8) is 0 Å². The molecule has 4 nitrogen and oxygen atoms in total. The monoisotopic (exact) mass is 169 g/mol. The summed E-state index contributed by atoms with van der Waals surface area (Å²) in [7, 11) is 0. The average molecular weight is 169 g/mol. The smallest absolute Gasteiger partial charge is 0.344 e. The maximum atomic E-state index is 10.8. The summed E-state index contributed by atoms with van der Waals surface area (Å²) in [6.07, 6.45) is 3.60. The van der Waals surface area contributed by atoms with E-state index in [4.69, 9.17) is 4.74 Å². The lowest BCUT2D eigenvalue weighted by atomic mass is 10.5. The van der Waals surface area contributed by atoms with Crippen LogP contribution in [0.25, 0.3) is 0 Å². The molecule has 1 aliphatic heterocycles. The molecule has 66 valence electrons. The minimum atomic E-state index is -0.361. The summed E-state index contributed by atoms with van der Waals surface area (Å²) in [6.45, 7) is 2.71. The van der Waals surface area contributed by atoms with E-state index in [2.05, 4.69) is 9.73 Å². The Balaban J connectivity index is 2.16. The van der Waals surface area contributed by atoms with Crippen molar-refractivity contribution in [1.82, 2.24) is 0 Å². The number of hydrogen-bond acceptors (Lipinski definition) is 4. The van der Waals surface area contributed by atoms with E-state index >= 15 is 0 Å². The van der Waals surface area contributed by atoms with Crippen LogP contribution in [0.2, 0.25) is 0 Å². The molecule has 1 aliphatic rings. The minimum absolute atomic E-state index is 0.0585. The molecule has 0 fully saturated rings. The predicted molar refractivity (Wildman–Crippen MR) is 44.0 cm³/mol. The number of aliphatic imine (C=N–C) groups is 1. The summed E-state index contributed by atoms with van der Waals surface area (Å²) in [5.41, 5.74) is 0. The highest BCUT2D eigenvalue weighted by Crippen LogP contribution is 1.95. The lowest BCUT2D eigenvalue weighted by Crippen LogP contribution is -2.14. The molecule has 0 amide bonds. The fourth-order valence-electron chi connectivity index (χ4n) is 0.778. The maximum absolute atomic E-state index is 10.8. The topological polar surface area (TPSA) is 47.9 Å². The number of rotatable bonds is 3. The molecule has 0 N–H and O–H groups in total. The van der Waals surface area contributed by atoms with Gasteiger partial charge in [0.15, 0.2) is 6.61 Å². The van der Waals surface area contributed by atoms with Gasteiger partial charge in [-0.15, -0.1) is 0 Å². The van der Waals surface area contributed by atoms with E-state index in [-0.39, 0.29) is 12.6 Å². The van der Waals surface area contributed by atoms with Crippen LogP contribution in [0, 0.1) is 0 Å². The quantitative estimate of drug-likeness (QED) is 0.579. The average Bonchev–Trinajstić information content (AvgIpc) is 2.53. The van der Waals surface area contributed by atoms with Crippen molar-refractivity contribution in [3.8, 4) is 0 Å². The van der Waals surface area contributed by atoms with Crippen LogP contribution in [0.1, 0.15) is 6.92 Å². The van der Waals surface area contributed by atoms with Crippen LogP contribution in [0.5, 0.6) is 0 Å². The summed E-state index contributed by atoms with van der Waals surface area (Å²) < 4.78 is 9.66. The molecule has 4 heteroatoms. The Hall–Kier alpha value is -1.32. The van der Waals surface area contributed by atoms with E-state index in [0.29, 0.717) is 19.0 Å². The van der Waals surface area contributed by atoms with Gasteiger partial charge >= 0.3 is 5.97 Å². The molecule has 0 saturated heterocycles. The van der Waals surface area contributed by atoms with Crippen LogP contribution in [0.3, 0.4) is 0 Å². The molecule has 12 heavy (non-hydrogen) atoms. The van der Waals surface area contributed by atoms with Gasteiger partial charge in [0.05, 0.1) is 13.2 Å². The molecule has 0 radical (unpaired) electrons. The number of nitrogens with zero attached hydrogens (tertiary/aromatic N) is 1. The first kappa shape index (κ1) is 8.77. The van der Waals surface area contributed by atoms with Crippen LogP contribution in [0.4, 0.5) is 0 Å². The zero-order valence-corrected chi connectivity index (χ0v) is 6.95. The van der Waals surface area contributed by atoms with Gasteiger partial charge in [0.25, 0.3) is 0 Å². The molecular weight excluding hydrogens is 158 g/mol. The zero-order chi connectivity index (χ0) is 8.81. The first-order valence-electron chi connectivity index (χ1n) is 3.82. The van der Waals surface area contributed by atoms with Gasteiger partial charge in [-0.25, -0.2) is 9.79 Å². The normalized spacial score (nSPS) is 14.2. The molecule has 0 aromatic rings. The Morgan fingerprint density at radius 3 is 3.17 bits per heavy atom. The fraction of sp³-hybridized carbons (Fsp3) is 0.500. The van der Waals surface area contributed by atoms with Gasteiger partial charge in [-0.2, -0.15) is 0 Å². The molecule has 0 spiro atoms. The number of hydrogen-bond donors (Lipinski definition) is 0. The Labute approximate surface area is 70.9 Å². The minimum Gasteiger partial charge on any atom is -0.466 e. The maximum Gasteiger partial charge on any atom is 0.344 e. The van der Waals surface area contributed by atoms with Crippen LogP contribution in [-0.2, 0) is 14.3 Å². The van der Waals surface area contributed by atoms with Crippen molar-refractivity contribution in [2.24, 2.45) is 4.99 Å². The van der Waals surface area contributed by atoms with Gasteiger partial charge < -0.3 is 9.47 Å². The van der Waals surface area contributed by atoms with Gasteiger partial charge in [0.2, 0.25) is 5.90 Å². The largest absolute Gasteiger partial charge is 0.466 e.